The molecule has 0 radical (unpaired) electrons. The van der Waals surface area contributed by atoms with Crippen LogP contribution in [0.25, 0.3) is 0 Å². The first-order chi connectivity index (χ1) is 8.95. The molecule has 7 heteroatoms. The van der Waals surface area contributed by atoms with Crippen molar-refractivity contribution >= 4 is 15.9 Å². The molecule has 0 aliphatic carbocycles. The van der Waals surface area contributed by atoms with Crippen LogP contribution in [0, 0.1) is 0 Å². The first-order valence-corrected chi connectivity index (χ1v) is 8.60. The number of hydrogen-bond donors (Lipinski definition) is 1. The van der Waals surface area contributed by atoms with Gasteiger partial charge in [-0.1, -0.05) is 6.92 Å². The second-order valence-corrected chi connectivity index (χ2v) is 7.46. The molecule has 19 heavy (non-hydrogen) atoms. The van der Waals surface area contributed by atoms with Crippen LogP contribution in [0.4, 0.5) is 0 Å². The lowest BCUT2D eigenvalue weighted by Gasteiger charge is -2.27. The number of rotatable bonds is 4. The molecule has 2 aliphatic heterocycles. The Balaban J connectivity index is 2.08. The van der Waals surface area contributed by atoms with Crippen molar-refractivity contribution < 1.29 is 13.2 Å². The van der Waals surface area contributed by atoms with E-state index < -0.39 is 16.1 Å². The van der Waals surface area contributed by atoms with Crippen LogP contribution in [0.2, 0.25) is 0 Å². The summed E-state index contributed by atoms with van der Waals surface area (Å²) in [6.07, 6.45) is 2.78. The van der Waals surface area contributed by atoms with Crippen molar-refractivity contribution in [2.75, 3.05) is 25.4 Å². The van der Waals surface area contributed by atoms with Gasteiger partial charge in [-0.2, -0.15) is 4.31 Å². The highest BCUT2D eigenvalue weighted by Crippen LogP contribution is 2.24. The van der Waals surface area contributed by atoms with Gasteiger partial charge < -0.3 is 10.6 Å². The summed E-state index contributed by atoms with van der Waals surface area (Å²) < 4.78 is 25.7. The van der Waals surface area contributed by atoms with Crippen LogP contribution in [0.15, 0.2) is 0 Å². The third-order valence-corrected chi connectivity index (χ3v) is 5.92. The molecule has 2 saturated heterocycles. The zero-order valence-electron chi connectivity index (χ0n) is 11.4. The summed E-state index contributed by atoms with van der Waals surface area (Å²) in [5.41, 5.74) is 5.80. The maximum atomic E-state index is 12.4. The Morgan fingerprint density at radius 2 is 2.05 bits per heavy atom. The lowest BCUT2D eigenvalue weighted by atomic mass is 10.2. The van der Waals surface area contributed by atoms with Gasteiger partial charge in [-0.25, -0.2) is 8.42 Å². The third-order valence-electron chi connectivity index (χ3n) is 3.84. The molecule has 0 aromatic heterocycles. The maximum Gasteiger partial charge on any atom is 0.241 e. The largest absolute Gasteiger partial charge is 0.340 e. The summed E-state index contributed by atoms with van der Waals surface area (Å²) in [6.45, 7) is 3.51. The van der Waals surface area contributed by atoms with Crippen molar-refractivity contribution in [1.82, 2.24) is 9.21 Å². The Labute approximate surface area is 115 Å². The Kier molecular flexibility index (Phi) is 4.47. The minimum atomic E-state index is -3.29. The lowest BCUT2D eigenvalue weighted by molar-refractivity contribution is -0.133. The van der Waals surface area contributed by atoms with Gasteiger partial charge in [0, 0.05) is 25.7 Å². The zero-order valence-corrected chi connectivity index (χ0v) is 12.2. The van der Waals surface area contributed by atoms with Crippen molar-refractivity contribution in [2.45, 2.75) is 44.7 Å². The number of amides is 1. The fourth-order valence-electron chi connectivity index (χ4n) is 2.89. The van der Waals surface area contributed by atoms with Crippen LogP contribution in [0.5, 0.6) is 0 Å². The summed E-state index contributed by atoms with van der Waals surface area (Å²) in [5.74, 6) is 0.0566. The van der Waals surface area contributed by atoms with E-state index in [1.54, 1.807) is 4.90 Å². The molecule has 2 fully saturated rings. The van der Waals surface area contributed by atoms with Gasteiger partial charge >= 0.3 is 0 Å². The first-order valence-electron chi connectivity index (χ1n) is 6.99. The zero-order chi connectivity index (χ0) is 14.0. The molecule has 2 atom stereocenters. The number of sulfonamides is 1. The van der Waals surface area contributed by atoms with Crippen LogP contribution in [0.3, 0.4) is 0 Å². The molecule has 0 aromatic carbocycles. The predicted octanol–water partition coefficient (Wildman–Crippen LogP) is -0.250. The Morgan fingerprint density at radius 1 is 1.32 bits per heavy atom. The van der Waals surface area contributed by atoms with Crippen LogP contribution in [-0.4, -0.2) is 61.0 Å². The maximum absolute atomic E-state index is 12.4. The highest BCUT2D eigenvalue weighted by Gasteiger charge is 2.41. The van der Waals surface area contributed by atoms with Crippen LogP contribution >= 0.6 is 0 Å². The summed E-state index contributed by atoms with van der Waals surface area (Å²) >= 11 is 0. The standard InChI is InChI=1S/C12H23N3O3S/c1-2-8-19(17,18)15-6-3-4-11(15)12(16)14-7-5-10(13)9-14/h10-11H,2-9,13H2,1H3/t10-,11?/m1/s1. The summed E-state index contributed by atoms with van der Waals surface area (Å²) in [5, 5.41) is 0. The predicted molar refractivity (Wildman–Crippen MR) is 73.0 cm³/mol. The molecule has 1 amide bonds. The summed E-state index contributed by atoms with van der Waals surface area (Å²) in [4.78, 5) is 14.1. The van der Waals surface area contributed by atoms with Crippen LogP contribution in [-0.2, 0) is 14.8 Å². The molecule has 110 valence electrons. The van der Waals surface area contributed by atoms with E-state index in [4.69, 9.17) is 5.73 Å². The molecule has 1 unspecified atom stereocenters. The van der Waals surface area contributed by atoms with Gasteiger partial charge in [0.1, 0.15) is 6.04 Å². The minimum Gasteiger partial charge on any atom is -0.340 e. The van der Waals surface area contributed by atoms with Gasteiger partial charge in [0.2, 0.25) is 15.9 Å². The smallest absolute Gasteiger partial charge is 0.241 e. The summed E-state index contributed by atoms with van der Waals surface area (Å²) in [6, 6.07) is -0.465. The number of nitrogens with zero attached hydrogens (tertiary/aromatic N) is 2. The van der Waals surface area contributed by atoms with Gasteiger partial charge in [0.25, 0.3) is 0 Å². The average Bonchev–Trinajstić information content (AvgIpc) is 2.96. The van der Waals surface area contributed by atoms with Crippen LogP contribution in [0.1, 0.15) is 32.6 Å². The number of likely N-dealkylation sites (tertiary alicyclic amines) is 1. The molecule has 2 aliphatic rings. The van der Waals surface area contributed by atoms with E-state index in [0.717, 1.165) is 12.8 Å². The second kappa shape index (κ2) is 5.76. The minimum absolute atomic E-state index is 0.0334. The van der Waals surface area contributed by atoms with E-state index >= 15 is 0 Å². The lowest BCUT2D eigenvalue weighted by Crippen LogP contribution is -2.48. The van der Waals surface area contributed by atoms with E-state index in [0.29, 0.717) is 32.5 Å². The SMILES string of the molecule is CCCS(=O)(=O)N1CCCC1C(=O)N1CC[C@@H](N)C1. The average molecular weight is 289 g/mol. The fraction of sp³-hybridized carbons (Fsp3) is 0.917. The van der Waals surface area contributed by atoms with Gasteiger partial charge in [-0.15, -0.1) is 0 Å². The molecular weight excluding hydrogens is 266 g/mol. The van der Waals surface area contributed by atoms with E-state index in [9.17, 15) is 13.2 Å². The molecule has 6 nitrogen and oxygen atoms in total. The van der Waals surface area contributed by atoms with Crippen molar-refractivity contribution in [1.29, 1.82) is 0 Å². The second-order valence-electron chi connectivity index (χ2n) is 5.42. The molecule has 0 aromatic rings. The Morgan fingerprint density at radius 3 is 2.63 bits per heavy atom. The van der Waals surface area contributed by atoms with Crippen LogP contribution < -0.4 is 5.73 Å². The molecule has 0 spiro atoms. The van der Waals surface area contributed by atoms with Crippen molar-refractivity contribution in [3.63, 3.8) is 0 Å². The highest BCUT2D eigenvalue weighted by atomic mass is 32.2. The van der Waals surface area contributed by atoms with Crippen molar-refractivity contribution in [3.05, 3.63) is 0 Å². The van der Waals surface area contributed by atoms with E-state index in [2.05, 4.69) is 0 Å². The monoisotopic (exact) mass is 289 g/mol. The first kappa shape index (κ1) is 14.7. The molecule has 2 rings (SSSR count). The quantitative estimate of drug-likeness (QED) is 0.773. The van der Waals surface area contributed by atoms with Gasteiger partial charge in [0.15, 0.2) is 0 Å². The third kappa shape index (κ3) is 3.09. The highest BCUT2D eigenvalue weighted by molar-refractivity contribution is 7.89. The number of carbonyl (C=O) groups is 1. The normalized spacial score (nSPS) is 29.1. The topological polar surface area (TPSA) is 83.7 Å². The number of carbonyl (C=O) groups excluding carboxylic acids is 1. The van der Waals surface area contributed by atoms with E-state index in [-0.39, 0.29) is 17.7 Å². The number of nitrogens with two attached hydrogens (primary N) is 1. The molecule has 0 saturated carbocycles. The molecular formula is C12H23N3O3S. The van der Waals surface area contributed by atoms with Crippen molar-refractivity contribution in [2.24, 2.45) is 5.73 Å². The molecule has 2 heterocycles. The van der Waals surface area contributed by atoms with E-state index in [1.165, 1.54) is 4.31 Å². The Hall–Kier alpha value is -0.660. The fourth-order valence-corrected chi connectivity index (χ4v) is 4.63. The summed E-state index contributed by atoms with van der Waals surface area (Å²) in [7, 11) is -3.29. The van der Waals surface area contributed by atoms with Crippen molar-refractivity contribution in [3.8, 4) is 0 Å². The molecule has 2 N–H and O–H groups in total. The van der Waals surface area contributed by atoms with E-state index in [1.807, 2.05) is 6.92 Å². The molecule has 0 bridgehead atoms. The van der Waals surface area contributed by atoms with Gasteiger partial charge in [0.05, 0.1) is 5.75 Å². The van der Waals surface area contributed by atoms with Gasteiger partial charge in [-0.3, -0.25) is 4.79 Å². The Bertz CT molecular complexity index is 438. The van der Waals surface area contributed by atoms with Gasteiger partial charge in [-0.05, 0) is 25.7 Å². The number of hydrogen-bond acceptors (Lipinski definition) is 4.